The third kappa shape index (κ3) is 5.25. The zero-order chi connectivity index (χ0) is 25.7. The van der Waals surface area contributed by atoms with Crippen molar-refractivity contribution >= 4 is 23.2 Å². The summed E-state index contributed by atoms with van der Waals surface area (Å²) >= 11 is 0. The topological polar surface area (TPSA) is 127 Å². The quantitative estimate of drug-likeness (QED) is 0.370. The van der Waals surface area contributed by atoms with Gasteiger partial charge in [-0.3, -0.25) is 23.9 Å². The zero-order valence-corrected chi connectivity index (χ0v) is 19.5. The minimum atomic E-state index is -0.776. The molecule has 0 spiro atoms. The monoisotopic (exact) mass is 484 g/mol. The molecule has 4 rings (SSSR count). The highest BCUT2D eigenvalue weighted by atomic mass is 16.5. The Labute approximate surface area is 206 Å². The number of benzene rings is 3. The van der Waals surface area contributed by atoms with Crippen molar-refractivity contribution in [3.63, 3.8) is 0 Å². The first-order valence-electron chi connectivity index (χ1n) is 11.1. The molecule has 3 aromatic carbocycles. The van der Waals surface area contributed by atoms with Gasteiger partial charge in [0, 0.05) is 18.2 Å². The van der Waals surface area contributed by atoms with Crippen LogP contribution >= 0.6 is 0 Å². The average molecular weight is 485 g/mol. The summed E-state index contributed by atoms with van der Waals surface area (Å²) in [5, 5.41) is 0. The van der Waals surface area contributed by atoms with Crippen LogP contribution in [0.15, 0.2) is 94.5 Å². The number of rotatable bonds is 8. The van der Waals surface area contributed by atoms with Gasteiger partial charge in [0.1, 0.15) is 11.6 Å². The molecule has 0 unspecified atom stereocenters. The summed E-state index contributed by atoms with van der Waals surface area (Å²) in [6.07, 6.45) is 0. The van der Waals surface area contributed by atoms with E-state index in [0.29, 0.717) is 16.9 Å². The third-order valence-corrected chi connectivity index (χ3v) is 5.62. The van der Waals surface area contributed by atoms with Gasteiger partial charge in [-0.15, -0.1) is 0 Å². The van der Waals surface area contributed by atoms with E-state index in [1.165, 1.54) is 11.6 Å². The van der Waals surface area contributed by atoms with Crippen LogP contribution in [0.1, 0.15) is 21.5 Å². The summed E-state index contributed by atoms with van der Waals surface area (Å²) in [6.45, 7) is -0.263. The molecule has 0 aliphatic carbocycles. The molecule has 36 heavy (non-hydrogen) atoms. The molecule has 182 valence electrons. The number of carbonyl (C=O) groups excluding carboxylic acids is 2. The minimum Gasteiger partial charge on any atom is -0.484 e. The Kier molecular flexibility index (Phi) is 7.10. The van der Waals surface area contributed by atoms with E-state index in [4.69, 9.17) is 10.5 Å². The van der Waals surface area contributed by atoms with E-state index in [2.05, 4.69) is 4.98 Å². The van der Waals surface area contributed by atoms with Gasteiger partial charge in [-0.25, -0.2) is 4.79 Å². The van der Waals surface area contributed by atoms with Crippen LogP contribution in [0.5, 0.6) is 5.75 Å². The second-order valence-electron chi connectivity index (χ2n) is 8.03. The van der Waals surface area contributed by atoms with Gasteiger partial charge in [-0.05, 0) is 29.8 Å². The Morgan fingerprint density at radius 2 is 1.47 bits per heavy atom. The highest BCUT2D eigenvalue weighted by Gasteiger charge is 2.21. The number of aromatic nitrogens is 2. The van der Waals surface area contributed by atoms with Gasteiger partial charge < -0.3 is 15.4 Å². The normalized spacial score (nSPS) is 10.6. The van der Waals surface area contributed by atoms with Gasteiger partial charge >= 0.3 is 5.69 Å². The first kappa shape index (κ1) is 24.2. The molecule has 9 heteroatoms. The van der Waals surface area contributed by atoms with E-state index >= 15 is 0 Å². The summed E-state index contributed by atoms with van der Waals surface area (Å²) < 4.78 is 6.75. The number of hydrogen-bond donors (Lipinski definition) is 2. The lowest BCUT2D eigenvalue weighted by Crippen LogP contribution is -2.41. The fourth-order valence-electron chi connectivity index (χ4n) is 3.65. The number of likely N-dealkylation sites (N-methyl/N-ethyl adjacent to an activating group) is 1. The lowest BCUT2D eigenvalue weighted by atomic mass is 10.0. The van der Waals surface area contributed by atoms with Crippen LogP contribution in [0.3, 0.4) is 0 Å². The van der Waals surface area contributed by atoms with E-state index in [1.807, 2.05) is 36.4 Å². The molecular formula is C27H24N4O5. The smallest absolute Gasteiger partial charge is 0.330 e. The first-order chi connectivity index (χ1) is 17.3. The summed E-state index contributed by atoms with van der Waals surface area (Å²) in [6, 6.07) is 24.4. The van der Waals surface area contributed by atoms with Crippen molar-refractivity contribution in [2.75, 3.05) is 24.3 Å². The van der Waals surface area contributed by atoms with Gasteiger partial charge in [0.05, 0.1) is 6.54 Å². The Balaban J connectivity index is 1.46. The van der Waals surface area contributed by atoms with E-state index in [1.54, 1.807) is 48.5 Å². The molecule has 0 radical (unpaired) electrons. The Morgan fingerprint density at radius 1 is 0.889 bits per heavy atom. The highest BCUT2D eigenvalue weighted by molar-refractivity contribution is 6.09. The molecule has 0 aliphatic rings. The minimum absolute atomic E-state index is 0.127. The number of amides is 1. The molecule has 1 amide bonds. The Bertz CT molecular complexity index is 1490. The van der Waals surface area contributed by atoms with Crippen LogP contribution in [-0.2, 0) is 11.3 Å². The molecule has 4 aromatic rings. The van der Waals surface area contributed by atoms with Crippen molar-refractivity contribution in [2.45, 2.75) is 6.54 Å². The van der Waals surface area contributed by atoms with Crippen molar-refractivity contribution in [1.82, 2.24) is 9.55 Å². The molecule has 0 aliphatic heterocycles. The fraction of sp³-hybridized carbons (Fsp3) is 0.111. The first-order valence-corrected chi connectivity index (χ1v) is 11.1. The van der Waals surface area contributed by atoms with Crippen molar-refractivity contribution < 1.29 is 14.3 Å². The maximum atomic E-state index is 12.8. The highest BCUT2D eigenvalue weighted by Crippen LogP contribution is 2.18. The number of nitrogen functional groups attached to an aromatic ring is 1. The summed E-state index contributed by atoms with van der Waals surface area (Å²) in [5.41, 5.74) is 6.40. The average Bonchev–Trinajstić information content (AvgIpc) is 2.90. The van der Waals surface area contributed by atoms with Gasteiger partial charge in [0.15, 0.2) is 18.1 Å². The summed E-state index contributed by atoms with van der Waals surface area (Å²) in [5.74, 6) is -0.440. The summed E-state index contributed by atoms with van der Waals surface area (Å²) in [4.78, 5) is 53.4. The number of aromatic amines is 1. The number of ether oxygens (including phenoxy) is 1. The van der Waals surface area contributed by atoms with Gasteiger partial charge in [0.2, 0.25) is 0 Å². The number of H-pyrrole nitrogens is 1. The van der Waals surface area contributed by atoms with Crippen LogP contribution < -0.4 is 26.6 Å². The lowest BCUT2D eigenvalue weighted by molar-refractivity contribution is -0.120. The van der Waals surface area contributed by atoms with Gasteiger partial charge in [-0.2, -0.15) is 0 Å². The molecular weight excluding hydrogens is 460 g/mol. The van der Waals surface area contributed by atoms with Crippen LogP contribution in [0.2, 0.25) is 0 Å². The van der Waals surface area contributed by atoms with Gasteiger partial charge in [0.25, 0.3) is 11.5 Å². The largest absolute Gasteiger partial charge is 0.484 e. The SMILES string of the molecule is CN(C(=O)COc1ccc(C(=O)c2ccccc2)cc1)c1c(N)n(Cc2ccccc2)c(=O)[nH]c1=O. The van der Waals surface area contributed by atoms with E-state index < -0.39 is 17.2 Å². The third-order valence-electron chi connectivity index (χ3n) is 5.62. The standard InChI is InChI=1S/C27H24N4O5/c1-30(23-25(28)31(27(35)29-26(23)34)16-18-8-4-2-5-9-18)22(32)17-36-21-14-12-20(13-15-21)24(33)19-10-6-3-7-11-19/h2-15H,16-17,28H2,1H3,(H,29,34,35). The number of hydrogen-bond acceptors (Lipinski definition) is 6. The van der Waals surface area contributed by atoms with Crippen LogP contribution in [-0.4, -0.2) is 34.9 Å². The van der Waals surface area contributed by atoms with Crippen molar-refractivity contribution in [3.8, 4) is 5.75 Å². The molecule has 1 heterocycles. The summed E-state index contributed by atoms with van der Waals surface area (Å²) in [7, 11) is 1.38. The molecule has 3 N–H and O–H groups in total. The fourth-order valence-corrected chi connectivity index (χ4v) is 3.65. The van der Waals surface area contributed by atoms with Crippen LogP contribution in [0, 0.1) is 0 Å². The molecule has 0 fully saturated rings. The molecule has 0 atom stereocenters. The zero-order valence-electron chi connectivity index (χ0n) is 19.5. The van der Waals surface area contributed by atoms with E-state index in [9.17, 15) is 19.2 Å². The van der Waals surface area contributed by atoms with E-state index in [0.717, 1.165) is 10.5 Å². The maximum Gasteiger partial charge on any atom is 0.330 e. The predicted octanol–water partition coefficient (Wildman–Crippen LogP) is 2.44. The van der Waals surface area contributed by atoms with E-state index in [-0.39, 0.29) is 30.4 Å². The van der Waals surface area contributed by atoms with Crippen molar-refractivity contribution in [2.24, 2.45) is 0 Å². The lowest BCUT2D eigenvalue weighted by Gasteiger charge is -2.20. The number of anilines is 2. The molecule has 1 aromatic heterocycles. The molecule has 0 saturated carbocycles. The second kappa shape index (κ2) is 10.6. The number of nitrogens with two attached hydrogens (primary N) is 1. The Morgan fingerprint density at radius 3 is 2.11 bits per heavy atom. The number of nitrogens with zero attached hydrogens (tertiary/aromatic N) is 2. The number of carbonyl (C=O) groups is 2. The van der Waals surface area contributed by atoms with Crippen LogP contribution in [0.25, 0.3) is 0 Å². The van der Waals surface area contributed by atoms with Crippen molar-refractivity contribution in [1.29, 1.82) is 0 Å². The molecule has 0 bridgehead atoms. The molecule has 0 saturated heterocycles. The predicted molar refractivity (Wildman–Crippen MR) is 137 cm³/mol. The number of ketones is 1. The van der Waals surface area contributed by atoms with Gasteiger partial charge in [-0.1, -0.05) is 60.7 Å². The molecule has 9 nitrogen and oxygen atoms in total. The van der Waals surface area contributed by atoms with Crippen LogP contribution in [0.4, 0.5) is 11.5 Å². The second-order valence-corrected chi connectivity index (χ2v) is 8.03. The Hall–Kier alpha value is -4.92. The number of nitrogens with one attached hydrogen (secondary N) is 1. The van der Waals surface area contributed by atoms with Crippen molar-refractivity contribution in [3.05, 3.63) is 122 Å². The maximum absolute atomic E-state index is 12.8.